The molecule has 96 valence electrons. The highest BCUT2D eigenvalue weighted by Crippen LogP contribution is 2.25. The Balaban J connectivity index is 2.43. The zero-order valence-corrected chi connectivity index (χ0v) is 11.5. The summed E-state index contributed by atoms with van der Waals surface area (Å²) >= 11 is 0. The summed E-state index contributed by atoms with van der Waals surface area (Å²) < 4.78 is 0. The lowest BCUT2D eigenvalue weighted by atomic mass is 9.88. The quantitative estimate of drug-likeness (QED) is 0.612. The van der Waals surface area contributed by atoms with Crippen LogP contribution in [0.25, 0.3) is 0 Å². The van der Waals surface area contributed by atoms with E-state index in [-0.39, 0.29) is 5.92 Å². The minimum absolute atomic E-state index is 0.168. The molecule has 0 radical (unpaired) electrons. The Morgan fingerprint density at radius 3 is 2.56 bits per heavy atom. The van der Waals surface area contributed by atoms with Crippen LogP contribution in [0.2, 0.25) is 0 Å². The Bertz CT molecular complexity index is 386. The molecule has 0 N–H and O–H groups in total. The first-order valence-corrected chi connectivity index (χ1v) is 6.87. The maximum atomic E-state index is 9.20. The van der Waals surface area contributed by atoms with Crippen LogP contribution in [0, 0.1) is 17.2 Å². The van der Waals surface area contributed by atoms with E-state index in [1.165, 1.54) is 5.56 Å². The molecule has 0 spiro atoms. The molecule has 0 saturated heterocycles. The van der Waals surface area contributed by atoms with Crippen molar-refractivity contribution in [1.82, 2.24) is 0 Å². The van der Waals surface area contributed by atoms with Crippen molar-refractivity contribution in [2.45, 2.75) is 45.4 Å². The molecule has 0 fully saturated rings. The Labute approximate surface area is 111 Å². The van der Waals surface area contributed by atoms with Gasteiger partial charge >= 0.3 is 0 Å². The van der Waals surface area contributed by atoms with Gasteiger partial charge in [-0.25, -0.2) is 0 Å². The molecule has 2 unspecified atom stereocenters. The summed E-state index contributed by atoms with van der Waals surface area (Å²) in [7, 11) is 0. The van der Waals surface area contributed by atoms with Crippen molar-refractivity contribution < 1.29 is 0 Å². The van der Waals surface area contributed by atoms with E-state index in [9.17, 15) is 5.26 Å². The van der Waals surface area contributed by atoms with E-state index in [1.807, 2.05) is 6.07 Å². The molecule has 0 amide bonds. The van der Waals surface area contributed by atoms with Crippen LogP contribution in [0.1, 0.15) is 51.0 Å². The van der Waals surface area contributed by atoms with E-state index in [0.717, 1.165) is 25.7 Å². The van der Waals surface area contributed by atoms with Gasteiger partial charge in [0.25, 0.3) is 0 Å². The van der Waals surface area contributed by atoms with Crippen LogP contribution in [0.15, 0.2) is 42.5 Å². The number of nitriles is 1. The van der Waals surface area contributed by atoms with E-state index in [0.29, 0.717) is 5.92 Å². The maximum absolute atomic E-state index is 9.20. The molecule has 0 bridgehead atoms. The average molecular weight is 241 g/mol. The van der Waals surface area contributed by atoms with Gasteiger partial charge in [0.2, 0.25) is 0 Å². The van der Waals surface area contributed by atoms with Crippen LogP contribution in [0.3, 0.4) is 0 Å². The molecule has 1 heteroatoms. The molecule has 1 nitrogen and oxygen atoms in total. The maximum Gasteiger partial charge on any atom is 0.0656 e. The van der Waals surface area contributed by atoms with E-state index in [2.05, 4.69) is 56.3 Å². The number of hydrogen-bond acceptors (Lipinski definition) is 1. The Morgan fingerprint density at radius 1 is 1.22 bits per heavy atom. The lowest BCUT2D eigenvalue weighted by molar-refractivity contribution is 0.510. The standard InChI is InChI=1S/C17H23N/c1-3-4-5-7-10-16(14-18)13-15(2)17-11-8-6-9-12-17/h4-6,8-9,11-12,15-16H,3,7,10,13H2,1-2H3/b5-4+. The van der Waals surface area contributed by atoms with Gasteiger partial charge in [0, 0.05) is 5.92 Å². The van der Waals surface area contributed by atoms with Crippen molar-refractivity contribution in [1.29, 1.82) is 5.26 Å². The fourth-order valence-electron chi connectivity index (χ4n) is 2.16. The lowest BCUT2D eigenvalue weighted by Gasteiger charge is -2.15. The van der Waals surface area contributed by atoms with Gasteiger partial charge in [-0.2, -0.15) is 5.26 Å². The summed E-state index contributed by atoms with van der Waals surface area (Å²) in [6.45, 7) is 4.34. The van der Waals surface area contributed by atoms with Crippen LogP contribution in [0.4, 0.5) is 0 Å². The second-order valence-corrected chi connectivity index (χ2v) is 4.83. The molecule has 0 aromatic heterocycles. The molecule has 0 aliphatic rings. The lowest BCUT2D eigenvalue weighted by Crippen LogP contribution is -2.03. The van der Waals surface area contributed by atoms with E-state index in [4.69, 9.17) is 0 Å². The predicted octanol–water partition coefficient (Wildman–Crippen LogP) is 5.07. The topological polar surface area (TPSA) is 23.8 Å². The van der Waals surface area contributed by atoms with Crippen molar-refractivity contribution in [2.24, 2.45) is 5.92 Å². The summed E-state index contributed by atoms with van der Waals surface area (Å²) in [4.78, 5) is 0. The van der Waals surface area contributed by atoms with Crippen LogP contribution in [-0.2, 0) is 0 Å². The Kier molecular flexibility index (Phi) is 6.87. The highest BCUT2D eigenvalue weighted by molar-refractivity contribution is 5.19. The smallest absolute Gasteiger partial charge is 0.0656 e. The third-order valence-corrected chi connectivity index (χ3v) is 3.27. The highest BCUT2D eigenvalue weighted by atomic mass is 14.3. The summed E-state index contributed by atoms with van der Waals surface area (Å²) in [6.07, 6.45) is 8.41. The summed E-state index contributed by atoms with van der Waals surface area (Å²) in [5.74, 6) is 0.632. The van der Waals surface area contributed by atoms with Gasteiger partial charge in [0.05, 0.1) is 6.07 Å². The third kappa shape index (κ3) is 5.19. The van der Waals surface area contributed by atoms with Gasteiger partial charge in [-0.1, -0.05) is 56.3 Å². The molecule has 0 saturated carbocycles. The minimum Gasteiger partial charge on any atom is -0.198 e. The van der Waals surface area contributed by atoms with Crippen LogP contribution in [-0.4, -0.2) is 0 Å². The molecule has 1 rings (SSSR count). The number of allylic oxidation sites excluding steroid dienone is 2. The predicted molar refractivity (Wildman–Crippen MR) is 77.2 cm³/mol. The third-order valence-electron chi connectivity index (χ3n) is 3.27. The fourth-order valence-corrected chi connectivity index (χ4v) is 2.16. The molecule has 1 aromatic rings. The monoisotopic (exact) mass is 241 g/mol. The number of nitrogens with zero attached hydrogens (tertiary/aromatic N) is 1. The highest BCUT2D eigenvalue weighted by Gasteiger charge is 2.13. The van der Waals surface area contributed by atoms with Gasteiger partial charge in [-0.3, -0.25) is 0 Å². The molecular weight excluding hydrogens is 218 g/mol. The first-order valence-electron chi connectivity index (χ1n) is 6.87. The van der Waals surface area contributed by atoms with Crippen LogP contribution in [0.5, 0.6) is 0 Å². The summed E-state index contributed by atoms with van der Waals surface area (Å²) in [5.41, 5.74) is 1.34. The SMILES string of the molecule is CC/C=C/CCC(C#N)CC(C)c1ccccc1. The molecule has 2 atom stereocenters. The van der Waals surface area contributed by atoms with Gasteiger partial charge in [-0.15, -0.1) is 0 Å². The van der Waals surface area contributed by atoms with Crippen molar-refractivity contribution in [2.75, 3.05) is 0 Å². The van der Waals surface area contributed by atoms with Crippen LogP contribution >= 0.6 is 0 Å². The van der Waals surface area contributed by atoms with Crippen molar-refractivity contribution >= 4 is 0 Å². The second-order valence-electron chi connectivity index (χ2n) is 4.83. The van der Waals surface area contributed by atoms with Gasteiger partial charge < -0.3 is 0 Å². The second kappa shape index (κ2) is 8.53. The van der Waals surface area contributed by atoms with Gasteiger partial charge in [0.1, 0.15) is 0 Å². The molecule has 0 aliphatic heterocycles. The minimum atomic E-state index is 0.168. The fraction of sp³-hybridized carbons (Fsp3) is 0.471. The molecule has 1 aromatic carbocycles. The summed E-state index contributed by atoms with van der Waals surface area (Å²) in [6, 6.07) is 12.9. The normalized spacial score (nSPS) is 14.3. The van der Waals surface area contributed by atoms with Gasteiger partial charge in [0.15, 0.2) is 0 Å². The first-order chi connectivity index (χ1) is 8.77. The molecule has 0 aliphatic carbocycles. The zero-order chi connectivity index (χ0) is 13.2. The Hall–Kier alpha value is -1.55. The summed E-state index contributed by atoms with van der Waals surface area (Å²) in [5, 5.41) is 9.20. The molecular formula is C17H23N. The molecule has 18 heavy (non-hydrogen) atoms. The van der Waals surface area contributed by atoms with E-state index in [1.54, 1.807) is 0 Å². The number of hydrogen-bond donors (Lipinski definition) is 0. The van der Waals surface area contributed by atoms with Crippen molar-refractivity contribution in [3.8, 4) is 6.07 Å². The van der Waals surface area contributed by atoms with E-state index >= 15 is 0 Å². The van der Waals surface area contributed by atoms with Gasteiger partial charge in [-0.05, 0) is 37.2 Å². The largest absolute Gasteiger partial charge is 0.198 e. The zero-order valence-electron chi connectivity index (χ0n) is 11.5. The molecule has 0 heterocycles. The number of rotatable bonds is 7. The Morgan fingerprint density at radius 2 is 1.94 bits per heavy atom. The average Bonchev–Trinajstić information content (AvgIpc) is 2.43. The number of benzene rings is 1. The van der Waals surface area contributed by atoms with Crippen molar-refractivity contribution in [3.63, 3.8) is 0 Å². The van der Waals surface area contributed by atoms with Crippen LogP contribution < -0.4 is 0 Å². The first kappa shape index (κ1) is 14.5. The van der Waals surface area contributed by atoms with E-state index < -0.39 is 0 Å². The van der Waals surface area contributed by atoms with Crippen molar-refractivity contribution in [3.05, 3.63) is 48.0 Å².